The number of halogens is 1. The maximum absolute atomic E-state index is 11.6. The molecule has 124 valence electrons. The normalized spacial score (nSPS) is 11.2. The Morgan fingerprint density at radius 2 is 1.74 bits per heavy atom. The molecule has 3 N–H and O–H groups in total. The smallest absolute Gasteiger partial charge is 0.237 e. The molecular weight excluding hydrogens is 312 g/mol. The van der Waals surface area contributed by atoms with E-state index in [-0.39, 0.29) is 18.3 Å². The van der Waals surface area contributed by atoms with E-state index in [4.69, 9.17) is 10.5 Å². The van der Waals surface area contributed by atoms with Gasteiger partial charge in [-0.2, -0.15) is 0 Å². The molecule has 1 amide bonds. The van der Waals surface area contributed by atoms with Crippen LogP contribution < -0.4 is 15.8 Å². The summed E-state index contributed by atoms with van der Waals surface area (Å²) in [6.07, 6.45) is 0.637. The van der Waals surface area contributed by atoms with E-state index in [0.29, 0.717) is 19.6 Å². The van der Waals surface area contributed by atoms with Crippen molar-refractivity contribution in [3.05, 3.63) is 65.7 Å². The van der Waals surface area contributed by atoms with Crippen LogP contribution in [0.15, 0.2) is 54.6 Å². The van der Waals surface area contributed by atoms with Crippen LogP contribution in [0.2, 0.25) is 0 Å². The zero-order valence-corrected chi connectivity index (χ0v) is 14.0. The molecule has 2 rings (SSSR count). The first kappa shape index (κ1) is 19.0. The minimum Gasteiger partial charge on any atom is -0.489 e. The molecule has 0 saturated carbocycles. The summed E-state index contributed by atoms with van der Waals surface area (Å²) >= 11 is 0. The van der Waals surface area contributed by atoms with Gasteiger partial charge in [-0.3, -0.25) is 4.79 Å². The van der Waals surface area contributed by atoms with Gasteiger partial charge in [0, 0.05) is 6.54 Å². The number of carbonyl (C=O) groups is 1. The summed E-state index contributed by atoms with van der Waals surface area (Å²) in [5.41, 5.74) is 7.82. The highest BCUT2D eigenvalue weighted by atomic mass is 35.5. The summed E-state index contributed by atoms with van der Waals surface area (Å²) < 4.78 is 5.72. The number of hydrogen-bond donors (Lipinski definition) is 2. The standard InChI is InChI=1S/C18H22N2O2.ClH/c1-2-17(19)18(21)20-12-14-8-10-16(11-9-14)22-13-15-6-4-3-5-7-15;/h3-11,17H,2,12-13,19H2,1H3,(H,20,21);1H/t17-;/m0./s1. The molecule has 0 bridgehead atoms. The van der Waals surface area contributed by atoms with Gasteiger partial charge in [0.15, 0.2) is 0 Å². The summed E-state index contributed by atoms with van der Waals surface area (Å²) in [5.74, 6) is 0.691. The SMILES string of the molecule is CC[C@H](N)C(=O)NCc1ccc(OCc2ccccc2)cc1.Cl. The number of nitrogens with two attached hydrogens (primary N) is 1. The van der Waals surface area contributed by atoms with Gasteiger partial charge in [0.05, 0.1) is 6.04 Å². The Morgan fingerprint density at radius 1 is 1.09 bits per heavy atom. The highest BCUT2D eigenvalue weighted by Crippen LogP contribution is 2.14. The van der Waals surface area contributed by atoms with E-state index >= 15 is 0 Å². The lowest BCUT2D eigenvalue weighted by Crippen LogP contribution is -2.39. The van der Waals surface area contributed by atoms with E-state index in [1.165, 1.54) is 0 Å². The molecule has 4 nitrogen and oxygen atoms in total. The number of rotatable bonds is 7. The van der Waals surface area contributed by atoms with Crippen LogP contribution in [0, 0.1) is 0 Å². The topological polar surface area (TPSA) is 64.4 Å². The molecule has 2 aromatic rings. The van der Waals surface area contributed by atoms with Crippen molar-refractivity contribution in [3.63, 3.8) is 0 Å². The molecule has 0 aliphatic heterocycles. The summed E-state index contributed by atoms with van der Waals surface area (Å²) in [5, 5.41) is 2.82. The zero-order chi connectivity index (χ0) is 15.8. The first-order chi connectivity index (χ1) is 10.7. The first-order valence-corrected chi connectivity index (χ1v) is 7.48. The lowest BCUT2D eigenvalue weighted by molar-refractivity contribution is -0.122. The third-order valence-electron chi connectivity index (χ3n) is 3.42. The third-order valence-corrected chi connectivity index (χ3v) is 3.42. The Balaban J connectivity index is 0.00000264. The fraction of sp³-hybridized carbons (Fsp3) is 0.278. The molecule has 0 aliphatic carbocycles. The van der Waals surface area contributed by atoms with E-state index in [9.17, 15) is 4.79 Å². The van der Waals surface area contributed by atoms with Gasteiger partial charge in [0.1, 0.15) is 12.4 Å². The van der Waals surface area contributed by atoms with Crippen molar-refractivity contribution < 1.29 is 9.53 Å². The first-order valence-electron chi connectivity index (χ1n) is 7.48. The minimum absolute atomic E-state index is 0. The largest absolute Gasteiger partial charge is 0.489 e. The van der Waals surface area contributed by atoms with E-state index in [2.05, 4.69) is 5.32 Å². The van der Waals surface area contributed by atoms with Crippen molar-refractivity contribution in [3.8, 4) is 5.75 Å². The Hall–Kier alpha value is -2.04. The van der Waals surface area contributed by atoms with Crippen LogP contribution in [-0.4, -0.2) is 11.9 Å². The van der Waals surface area contributed by atoms with E-state index in [1.54, 1.807) is 0 Å². The van der Waals surface area contributed by atoms with Crippen LogP contribution in [0.1, 0.15) is 24.5 Å². The molecular formula is C18H23ClN2O2. The number of amides is 1. The van der Waals surface area contributed by atoms with Gasteiger partial charge in [0.25, 0.3) is 0 Å². The molecule has 23 heavy (non-hydrogen) atoms. The van der Waals surface area contributed by atoms with E-state index in [0.717, 1.165) is 16.9 Å². The maximum Gasteiger partial charge on any atom is 0.237 e. The van der Waals surface area contributed by atoms with Gasteiger partial charge >= 0.3 is 0 Å². The summed E-state index contributed by atoms with van der Waals surface area (Å²) in [6.45, 7) is 2.91. The molecule has 0 fully saturated rings. The van der Waals surface area contributed by atoms with Crippen LogP contribution in [0.4, 0.5) is 0 Å². The number of nitrogens with one attached hydrogen (secondary N) is 1. The predicted octanol–water partition coefficient (Wildman–Crippen LogP) is 3.04. The van der Waals surface area contributed by atoms with Crippen molar-refractivity contribution in [2.24, 2.45) is 5.73 Å². The number of ether oxygens (including phenoxy) is 1. The molecule has 0 aliphatic rings. The van der Waals surface area contributed by atoms with Gasteiger partial charge in [0.2, 0.25) is 5.91 Å². The average Bonchev–Trinajstić information content (AvgIpc) is 2.59. The molecule has 0 saturated heterocycles. The molecule has 1 atom stereocenters. The van der Waals surface area contributed by atoms with Crippen LogP contribution in [0.25, 0.3) is 0 Å². The Morgan fingerprint density at radius 3 is 2.35 bits per heavy atom. The van der Waals surface area contributed by atoms with Gasteiger partial charge < -0.3 is 15.8 Å². The van der Waals surface area contributed by atoms with Crippen LogP contribution >= 0.6 is 12.4 Å². The van der Waals surface area contributed by atoms with Gasteiger partial charge in [-0.05, 0) is 29.7 Å². The molecule has 5 heteroatoms. The summed E-state index contributed by atoms with van der Waals surface area (Å²) in [6, 6.07) is 17.3. The van der Waals surface area contributed by atoms with E-state index < -0.39 is 6.04 Å². The van der Waals surface area contributed by atoms with Crippen molar-refractivity contribution in [1.82, 2.24) is 5.32 Å². The number of hydrogen-bond acceptors (Lipinski definition) is 3. The third kappa shape index (κ3) is 6.30. The maximum atomic E-state index is 11.6. The number of carbonyl (C=O) groups excluding carboxylic acids is 1. The second kappa shape index (κ2) is 9.87. The second-order valence-electron chi connectivity index (χ2n) is 5.15. The van der Waals surface area contributed by atoms with Crippen molar-refractivity contribution in [2.45, 2.75) is 32.5 Å². The van der Waals surface area contributed by atoms with Crippen molar-refractivity contribution >= 4 is 18.3 Å². The fourth-order valence-electron chi connectivity index (χ4n) is 1.95. The molecule has 0 aromatic heterocycles. The number of benzene rings is 2. The average molecular weight is 335 g/mol. The molecule has 0 unspecified atom stereocenters. The highest BCUT2D eigenvalue weighted by Gasteiger charge is 2.09. The van der Waals surface area contributed by atoms with Crippen molar-refractivity contribution in [1.29, 1.82) is 0 Å². The molecule has 0 heterocycles. The van der Waals surface area contributed by atoms with Crippen molar-refractivity contribution in [2.75, 3.05) is 0 Å². The molecule has 0 spiro atoms. The molecule has 0 radical (unpaired) electrons. The summed E-state index contributed by atoms with van der Waals surface area (Å²) in [4.78, 5) is 11.6. The monoisotopic (exact) mass is 334 g/mol. The predicted molar refractivity (Wildman–Crippen MR) is 94.6 cm³/mol. The lowest BCUT2D eigenvalue weighted by atomic mass is 10.2. The summed E-state index contributed by atoms with van der Waals surface area (Å²) in [7, 11) is 0. The van der Waals surface area contributed by atoms with Gasteiger partial charge in [-0.15, -0.1) is 12.4 Å². The Bertz CT molecular complexity index is 588. The van der Waals surface area contributed by atoms with Crippen LogP contribution in [0.5, 0.6) is 5.75 Å². The highest BCUT2D eigenvalue weighted by molar-refractivity contribution is 5.85. The fourth-order valence-corrected chi connectivity index (χ4v) is 1.95. The minimum atomic E-state index is -0.437. The second-order valence-corrected chi connectivity index (χ2v) is 5.15. The zero-order valence-electron chi connectivity index (χ0n) is 13.2. The lowest BCUT2D eigenvalue weighted by Gasteiger charge is -2.11. The Labute approximate surface area is 143 Å². The van der Waals surface area contributed by atoms with E-state index in [1.807, 2.05) is 61.5 Å². The molecule has 2 aromatic carbocycles. The van der Waals surface area contributed by atoms with Gasteiger partial charge in [-0.1, -0.05) is 49.4 Å². The van der Waals surface area contributed by atoms with Gasteiger partial charge in [-0.25, -0.2) is 0 Å². The van der Waals surface area contributed by atoms with Crippen LogP contribution in [0.3, 0.4) is 0 Å². The van der Waals surface area contributed by atoms with Crippen LogP contribution in [-0.2, 0) is 17.9 Å². The quantitative estimate of drug-likeness (QED) is 0.818. The Kier molecular flexibility index (Phi) is 8.16.